The van der Waals surface area contributed by atoms with Crippen LogP contribution in [0.25, 0.3) is 10.9 Å². The Kier molecular flexibility index (Phi) is 3.44. The molecule has 0 amide bonds. The minimum Gasteiger partial charge on any atom is -0.465 e. The first-order chi connectivity index (χ1) is 8.26. The molecule has 90 valence electrons. The van der Waals surface area contributed by atoms with Crippen LogP contribution in [0.2, 0.25) is 0 Å². The van der Waals surface area contributed by atoms with Gasteiger partial charge in [-0.1, -0.05) is 12.1 Å². The highest BCUT2D eigenvalue weighted by molar-refractivity contribution is 5.85. The monoisotopic (exact) mass is 232 g/mol. The molecule has 1 heterocycles. The lowest BCUT2D eigenvalue weighted by molar-refractivity contribution is -0.143. The molecule has 0 saturated carbocycles. The Bertz CT molecular complexity index is 531. The van der Waals surface area contributed by atoms with E-state index in [2.05, 4.69) is 0 Å². The van der Waals surface area contributed by atoms with Gasteiger partial charge in [0.2, 0.25) is 0 Å². The van der Waals surface area contributed by atoms with Gasteiger partial charge in [0.25, 0.3) is 0 Å². The highest BCUT2D eigenvalue weighted by Gasteiger charge is 2.08. The number of nitrogens with zero attached hydrogens (tertiary/aromatic N) is 1. The van der Waals surface area contributed by atoms with Crippen LogP contribution in [0.5, 0.6) is 0 Å². The molecule has 0 fully saturated rings. The summed E-state index contributed by atoms with van der Waals surface area (Å²) in [6.07, 6.45) is 1.89. The average Bonchev–Trinajstić information content (AvgIpc) is 2.73. The van der Waals surface area contributed by atoms with Gasteiger partial charge in [-0.2, -0.15) is 0 Å². The van der Waals surface area contributed by atoms with Crippen molar-refractivity contribution in [3.63, 3.8) is 0 Å². The van der Waals surface area contributed by atoms with Gasteiger partial charge in [-0.3, -0.25) is 4.79 Å². The lowest BCUT2D eigenvalue weighted by atomic mass is 10.1. The molecule has 1 aromatic heterocycles. The van der Waals surface area contributed by atoms with E-state index in [0.717, 1.165) is 16.5 Å². The summed E-state index contributed by atoms with van der Waals surface area (Å²) in [5, 5.41) is 1.10. The van der Waals surface area contributed by atoms with E-state index < -0.39 is 0 Å². The number of carbonyl (C=O) groups excluding carboxylic acids is 1. The van der Waals surface area contributed by atoms with E-state index in [-0.39, 0.29) is 12.5 Å². The summed E-state index contributed by atoms with van der Waals surface area (Å²) in [6, 6.07) is 7.91. The van der Waals surface area contributed by atoms with Crippen molar-refractivity contribution in [3.05, 3.63) is 36.0 Å². The molecule has 0 aliphatic heterocycles. The van der Waals surface area contributed by atoms with Gasteiger partial charge in [0, 0.05) is 23.6 Å². The number of benzene rings is 1. The highest BCUT2D eigenvalue weighted by Crippen LogP contribution is 2.19. The third kappa shape index (κ3) is 2.31. The standard InChI is InChI=1S/C13H16N2O2/c1-2-17-13(16)9-15-7-6-11-10(8-14)4-3-5-12(11)15/h3-7H,2,8-9,14H2,1H3. The molecule has 4 heteroatoms. The lowest BCUT2D eigenvalue weighted by Crippen LogP contribution is -2.12. The molecular formula is C13H16N2O2. The first-order valence-electron chi connectivity index (χ1n) is 5.68. The Hall–Kier alpha value is -1.81. The maximum Gasteiger partial charge on any atom is 0.325 e. The minimum atomic E-state index is -0.219. The molecule has 2 N–H and O–H groups in total. The zero-order valence-corrected chi connectivity index (χ0v) is 9.85. The summed E-state index contributed by atoms with van der Waals surface area (Å²) >= 11 is 0. The van der Waals surface area contributed by atoms with Crippen LogP contribution < -0.4 is 5.73 Å². The van der Waals surface area contributed by atoms with Crippen LogP contribution in [0.1, 0.15) is 12.5 Å². The van der Waals surface area contributed by atoms with Crippen LogP contribution in [0.4, 0.5) is 0 Å². The molecule has 17 heavy (non-hydrogen) atoms. The molecule has 0 radical (unpaired) electrons. The molecule has 1 aromatic carbocycles. The number of aromatic nitrogens is 1. The number of rotatable bonds is 4. The molecule has 0 aliphatic rings. The van der Waals surface area contributed by atoms with Crippen molar-refractivity contribution in [2.24, 2.45) is 5.73 Å². The van der Waals surface area contributed by atoms with Crippen LogP contribution in [-0.2, 0) is 22.6 Å². The van der Waals surface area contributed by atoms with E-state index in [9.17, 15) is 4.79 Å². The van der Waals surface area contributed by atoms with Gasteiger partial charge in [0.1, 0.15) is 6.54 Å². The first-order valence-corrected chi connectivity index (χ1v) is 5.68. The molecule has 0 atom stereocenters. The van der Waals surface area contributed by atoms with Crippen LogP contribution in [0, 0.1) is 0 Å². The van der Waals surface area contributed by atoms with Gasteiger partial charge in [0.15, 0.2) is 0 Å². The van der Waals surface area contributed by atoms with Crippen molar-refractivity contribution in [2.45, 2.75) is 20.0 Å². The maximum absolute atomic E-state index is 11.4. The van der Waals surface area contributed by atoms with Crippen molar-refractivity contribution in [3.8, 4) is 0 Å². The normalized spacial score (nSPS) is 10.7. The fourth-order valence-corrected chi connectivity index (χ4v) is 1.95. The predicted octanol–water partition coefficient (Wildman–Crippen LogP) is 1.66. The second kappa shape index (κ2) is 5.01. The van der Waals surface area contributed by atoms with Crippen LogP contribution >= 0.6 is 0 Å². The summed E-state index contributed by atoms with van der Waals surface area (Å²) < 4.78 is 6.82. The Morgan fingerprint density at radius 3 is 2.94 bits per heavy atom. The Balaban J connectivity index is 2.33. The molecule has 0 saturated heterocycles. The van der Waals surface area contributed by atoms with Crippen molar-refractivity contribution >= 4 is 16.9 Å². The summed E-state index contributed by atoms with van der Waals surface area (Å²) in [5.41, 5.74) is 7.78. The summed E-state index contributed by atoms with van der Waals surface area (Å²) in [6.45, 7) is 2.95. The highest BCUT2D eigenvalue weighted by atomic mass is 16.5. The Labute approximate surface area is 100.0 Å². The molecular weight excluding hydrogens is 216 g/mol. The van der Waals surface area contributed by atoms with Gasteiger partial charge in [-0.25, -0.2) is 0 Å². The number of nitrogens with two attached hydrogens (primary N) is 1. The molecule has 2 aromatic rings. The average molecular weight is 232 g/mol. The second-order valence-electron chi connectivity index (χ2n) is 3.80. The Morgan fingerprint density at radius 2 is 2.24 bits per heavy atom. The van der Waals surface area contributed by atoms with Crippen molar-refractivity contribution in [1.82, 2.24) is 4.57 Å². The molecule has 4 nitrogen and oxygen atoms in total. The van der Waals surface area contributed by atoms with E-state index in [0.29, 0.717) is 13.2 Å². The van der Waals surface area contributed by atoms with Crippen LogP contribution in [-0.4, -0.2) is 17.1 Å². The van der Waals surface area contributed by atoms with Gasteiger partial charge >= 0.3 is 5.97 Å². The minimum absolute atomic E-state index is 0.219. The van der Waals surface area contributed by atoms with E-state index in [4.69, 9.17) is 10.5 Å². The fraction of sp³-hybridized carbons (Fsp3) is 0.308. The van der Waals surface area contributed by atoms with Gasteiger partial charge in [-0.15, -0.1) is 0 Å². The van der Waals surface area contributed by atoms with Gasteiger partial charge in [-0.05, 0) is 24.6 Å². The first kappa shape index (κ1) is 11.7. The van der Waals surface area contributed by atoms with Crippen molar-refractivity contribution in [2.75, 3.05) is 6.61 Å². The largest absolute Gasteiger partial charge is 0.465 e. The van der Waals surface area contributed by atoms with Crippen LogP contribution in [0.15, 0.2) is 30.5 Å². The van der Waals surface area contributed by atoms with Crippen molar-refractivity contribution in [1.29, 1.82) is 0 Å². The molecule has 2 rings (SSSR count). The van der Waals surface area contributed by atoms with E-state index in [1.54, 1.807) is 6.92 Å². The number of esters is 1. The predicted molar refractivity (Wildman–Crippen MR) is 66.5 cm³/mol. The smallest absolute Gasteiger partial charge is 0.325 e. The molecule has 0 aliphatic carbocycles. The zero-order chi connectivity index (χ0) is 12.3. The maximum atomic E-state index is 11.4. The third-order valence-electron chi connectivity index (χ3n) is 2.73. The quantitative estimate of drug-likeness (QED) is 0.816. The van der Waals surface area contributed by atoms with Crippen LogP contribution in [0.3, 0.4) is 0 Å². The molecule has 0 spiro atoms. The topological polar surface area (TPSA) is 57.2 Å². The van der Waals surface area contributed by atoms with E-state index in [1.807, 2.05) is 35.0 Å². The van der Waals surface area contributed by atoms with Crippen molar-refractivity contribution < 1.29 is 9.53 Å². The van der Waals surface area contributed by atoms with E-state index >= 15 is 0 Å². The zero-order valence-electron chi connectivity index (χ0n) is 9.85. The van der Waals surface area contributed by atoms with E-state index in [1.165, 1.54) is 0 Å². The second-order valence-corrected chi connectivity index (χ2v) is 3.80. The van der Waals surface area contributed by atoms with Gasteiger partial charge < -0.3 is 15.0 Å². The SMILES string of the molecule is CCOC(=O)Cn1ccc2c(CN)cccc21. The van der Waals surface area contributed by atoms with Gasteiger partial charge in [0.05, 0.1) is 6.61 Å². The number of hydrogen-bond acceptors (Lipinski definition) is 3. The third-order valence-corrected chi connectivity index (χ3v) is 2.73. The summed E-state index contributed by atoms with van der Waals surface area (Å²) in [5.74, 6) is -0.219. The number of fused-ring (bicyclic) bond motifs is 1. The summed E-state index contributed by atoms with van der Waals surface area (Å²) in [7, 11) is 0. The lowest BCUT2D eigenvalue weighted by Gasteiger charge is -2.06. The molecule has 0 unspecified atom stereocenters. The Morgan fingerprint density at radius 1 is 1.41 bits per heavy atom. The fourth-order valence-electron chi connectivity index (χ4n) is 1.95. The number of ether oxygens (including phenoxy) is 1. The molecule has 0 bridgehead atoms. The number of hydrogen-bond donors (Lipinski definition) is 1. The number of carbonyl (C=O) groups is 1. The summed E-state index contributed by atoms with van der Waals surface area (Å²) in [4.78, 5) is 11.4.